The van der Waals surface area contributed by atoms with E-state index in [1.807, 2.05) is 12.1 Å². The number of nitrogens with zero attached hydrogens (tertiary/aromatic N) is 1. The number of hydrogen-bond acceptors (Lipinski definition) is 4. The summed E-state index contributed by atoms with van der Waals surface area (Å²) >= 11 is 0. The van der Waals surface area contributed by atoms with Gasteiger partial charge in [-0.05, 0) is 18.6 Å². The van der Waals surface area contributed by atoms with Crippen molar-refractivity contribution in [1.29, 1.82) is 0 Å². The molecule has 2 aliphatic heterocycles. The first-order valence-electron chi connectivity index (χ1n) is 5.81. The monoisotopic (exact) mass is 267 g/mol. The Morgan fingerprint density at radius 1 is 1.28 bits per heavy atom. The third kappa shape index (κ3) is 1.86. The van der Waals surface area contributed by atoms with Gasteiger partial charge < -0.3 is 9.64 Å². The Kier molecular flexibility index (Phi) is 2.55. The van der Waals surface area contributed by atoms with Crippen LogP contribution < -0.4 is 9.64 Å². The molecule has 2 aliphatic rings. The van der Waals surface area contributed by atoms with Gasteiger partial charge in [-0.3, -0.25) is 4.79 Å². The largest absolute Gasteiger partial charge is 0.482 e. The van der Waals surface area contributed by atoms with Crippen molar-refractivity contribution >= 4 is 21.4 Å². The first-order chi connectivity index (χ1) is 8.57. The molecule has 1 fully saturated rings. The van der Waals surface area contributed by atoms with E-state index < -0.39 is 9.84 Å². The van der Waals surface area contributed by atoms with Crippen LogP contribution in [0.2, 0.25) is 0 Å². The maximum Gasteiger partial charge on any atom is 0.265 e. The number of carbonyl (C=O) groups excluding carboxylic acids is 1. The molecule has 18 heavy (non-hydrogen) atoms. The molecule has 1 saturated heterocycles. The number of anilines is 1. The molecule has 1 aromatic rings. The van der Waals surface area contributed by atoms with Gasteiger partial charge in [0.15, 0.2) is 16.4 Å². The zero-order valence-electron chi connectivity index (χ0n) is 9.70. The fourth-order valence-electron chi connectivity index (χ4n) is 2.50. The minimum atomic E-state index is -3.01. The Morgan fingerprint density at radius 3 is 2.78 bits per heavy atom. The number of benzene rings is 1. The Hall–Kier alpha value is -1.56. The summed E-state index contributed by atoms with van der Waals surface area (Å²) in [4.78, 5) is 13.5. The Morgan fingerprint density at radius 2 is 2.06 bits per heavy atom. The second-order valence-corrected chi connectivity index (χ2v) is 6.81. The van der Waals surface area contributed by atoms with Crippen LogP contribution in [-0.2, 0) is 14.6 Å². The molecule has 96 valence electrons. The average molecular weight is 267 g/mol. The van der Waals surface area contributed by atoms with E-state index in [2.05, 4.69) is 0 Å². The number of sulfone groups is 1. The van der Waals surface area contributed by atoms with Crippen molar-refractivity contribution in [1.82, 2.24) is 0 Å². The molecule has 1 atom stereocenters. The number of fused-ring (bicyclic) bond motifs is 1. The van der Waals surface area contributed by atoms with Crippen molar-refractivity contribution in [3.8, 4) is 5.75 Å². The second kappa shape index (κ2) is 3.98. The SMILES string of the molecule is O=C1COc2ccccc2N1C1CCS(=O)(=O)C1. The summed E-state index contributed by atoms with van der Waals surface area (Å²) in [5.74, 6) is 0.676. The summed E-state index contributed by atoms with van der Waals surface area (Å²) in [5, 5.41) is 0. The van der Waals surface area contributed by atoms with Crippen LogP contribution >= 0.6 is 0 Å². The molecular weight excluding hydrogens is 254 g/mol. The van der Waals surface area contributed by atoms with Gasteiger partial charge in [-0.2, -0.15) is 0 Å². The van der Waals surface area contributed by atoms with Crippen LogP contribution in [0.3, 0.4) is 0 Å². The number of hydrogen-bond donors (Lipinski definition) is 0. The van der Waals surface area contributed by atoms with E-state index in [4.69, 9.17) is 4.74 Å². The van der Waals surface area contributed by atoms with E-state index in [1.54, 1.807) is 17.0 Å². The molecule has 0 saturated carbocycles. The minimum absolute atomic E-state index is 0.0203. The van der Waals surface area contributed by atoms with Gasteiger partial charge in [0, 0.05) is 0 Å². The predicted molar refractivity (Wildman–Crippen MR) is 66.5 cm³/mol. The first kappa shape index (κ1) is 11.5. The molecule has 0 bridgehead atoms. The molecule has 0 aromatic heterocycles. The van der Waals surface area contributed by atoms with Crippen LogP contribution in [0.5, 0.6) is 5.75 Å². The number of rotatable bonds is 1. The van der Waals surface area contributed by atoms with Gasteiger partial charge >= 0.3 is 0 Å². The van der Waals surface area contributed by atoms with Gasteiger partial charge in [0.1, 0.15) is 5.75 Å². The lowest BCUT2D eigenvalue weighted by molar-refractivity contribution is -0.121. The lowest BCUT2D eigenvalue weighted by Gasteiger charge is -2.33. The molecule has 1 unspecified atom stereocenters. The third-order valence-corrected chi connectivity index (χ3v) is 5.07. The van der Waals surface area contributed by atoms with Crippen LogP contribution in [0.15, 0.2) is 24.3 Å². The van der Waals surface area contributed by atoms with Crippen molar-refractivity contribution in [3.05, 3.63) is 24.3 Å². The van der Waals surface area contributed by atoms with Gasteiger partial charge in [-0.15, -0.1) is 0 Å². The molecule has 3 rings (SSSR count). The van der Waals surface area contributed by atoms with E-state index in [1.165, 1.54) is 0 Å². The number of carbonyl (C=O) groups is 1. The van der Waals surface area contributed by atoms with Crippen molar-refractivity contribution < 1.29 is 17.9 Å². The highest BCUT2D eigenvalue weighted by Gasteiger charge is 2.38. The minimum Gasteiger partial charge on any atom is -0.482 e. The number of para-hydroxylation sites is 2. The number of ether oxygens (including phenoxy) is 1. The Bertz CT molecular complexity index is 596. The van der Waals surface area contributed by atoms with Crippen molar-refractivity contribution in [2.75, 3.05) is 23.0 Å². The summed E-state index contributed by atoms with van der Waals surface area (Å²) in [6.07, 6.45) is 0.502. The van der Waals surface area contributed by atoms with E-state index in [0.717, 1.165) is 0 Å². The normalized spacial score (nSPS) is 25.7. The van der Waals surface area contributed by atoms with Gasteiger partial charge in [0.2, 0.25) is 0 Å². The van der Waals surface area contributed by atoms with Crippen LogP contribution in [-0.4, -0.2) is 38.5 Å². The average Bonchev–Trinajstić information content (AvgIpc) is 2.69. The molecule has 0 radical (unpaired) electrons. The van der Waals surface area contributed by atoms with Gasteiger partial charge in [0.05, 0.1) is 23.2 Å². The standard InChI is InChI=1S/C12H13NO4S/c14-12-7-17-11-4-2-1-3-10(11)13(12)9-5-6-18(15,16)8-9/h1-4,9H,5-8H2. The molecule has 5 nitrogen and oxygen atoms in total. The summed E-state index contributed by atoms with van der Waals surface area (Å²) in [6, 6.07) is 6.97. The van der Waals surface area contributed by atoms with Crippen LogP contribution in [0.25, 0.3) is 0 Å². The van der Waals surface area contributed by atoms with Gasteiger partial charge in [-0.1, -0.05) is 12.1 Å². The van der Waals surface area contributed by atoms with Crippen molar-refractivity contribution in [3.63, 3.8) is 0 Å². The summed E-state index contributed by atoms with van der Waals surface area (Å²) in [7, 11) is -3.01. The second-order valence-electron chi connectivity index (χ2n) is 4.58. The maximum atomic E-state index is 12.0. The molecule has 6 heteroatoms. The smallest absolute Gasteiger partial charge is 0.265 e. The predicted octanol–water partition coefficient (Wildman–Crippen LogP) is 0.599. The van der Waals surface area contributed by atoms with Gasteiger partial charge in [0.25, 0.3) is 5.91 Å². The van der Waals surface area contributed by atoms with E-state index in [-0.39, 0.29) is 30.1 Å². The molecular formula is C12H13NO4S. The van der Waals surface area contributed by atoms with Crippen LogP contribution in [0.1, 0.15) is 6.42 Å². The summed E-state index contributed by atoms with van der Waals surface area (Å²) in [5.41, 5.74) is 0.677. The Balaban J connectivity index is 1.99. The van der Waals surface area contributed by atoms with Gasteiger partial charge in [-0.25, -0.2) is 8.42 Å². The summed E-state index contributed by atoms with van der Waals surface area (Å²) < 4.78 is 28.4. The highest BCUT2D eigenvalue weighted by Crippen LogP contribution is 2.35. The van der Waals surface area contributed by atoms with E-state index in [0.29, 0.717) is 17.9 Å². The topological polar surface area (TPSA) is 63.7 Å². The molecule has 1 amide bonds. The lowest BCUT2D eigenvalue weighted by atomic mass is 10.1. The molecule has 0 spiro atoms. The molecule has 0 N–H and O–H groups in total. The summed E-state index contributed by atoms with van der Waals surface area (Å²) in [6.45, 7) is -0.0203. The van der Waals surface area contributed by atoms with Crippen LogP contribution in [0, 0.1) is 0 Å². The highest BCUT2D eigenvalue weighted by atomic mass is 32.2. The zero-order valence-corrected chi connectivity index (χ0v) is 10.5. The fraction of sp³-hybridized carbons (Fsp3) is 0.417. The highest BCUT2D eigenvalue weighted by molar-refractivity contribution is 7.91. The van der Waals surface area contributed by atoms with Crippen LogP contribution in [0.4, 0.5) is 5.69 Å². The Labute approximate surface area is 105 Å². The molecule has 1 aromatic carbocycles. The lowest BCUT2D eigenvalue weighted by Crippen LogP contribution is -2.46. The van der Waals surface area contributed by atoms with Crippen molar-refractivity contribution in [2.24, 2.45) is 0 Å². The fourth-order valence-corrected chi connectivity index (χ4v) is 4.20. The zero-order chi connectivity index (χ0) is 12.8. The number of amides is 1. The van der Waals surface area contributed by atoms with E-state index in [9.17, 15) is 13.2 Å². The van der Waals surface area contributed by atoms with Crippen molar-refractivity contribution in [2.45, 2.75) is 12.5 Å². The van der Waals surface area contributed by atoms with E-state index >= 15 is 0 Å². The third-order valence-electron chi connectivity index (χ3n) is 3.32. The quantitative estimate of drug-likeness (QED) is 0.747. The molecule has 2 heterocycles. The maximum absolute atomic E-state index is 12.0. The first-order valence-corrected chi connectivity index (χ1v) is 7.63. The molecule has 0 aliphatic carbocycles.